The Morgan fingerprint density at radius 3 is 2.46 bits per heavy atom. The fraction of sp³-hybridized carbons (Fsp3) is 0.182. The van der Waals surface area contributed by atoms with Crippen molar-refractivity contribution in [1.29, 1.82) is 0 Å². The number of carbonyl (C=O) groups is 2. The van der Waals surface area contributed by atoms with Crippen LogP contribution in [0.3, 0.4) is 0 Å². The third kappa shape index (κ3) is 5.24. The molecule has 0 saturated carbocycles. The molecule has 0 aliphatic heterocycles. The van der Waals surface area contributed by atoms with Crippen LogP contribution in [0.4, 0.5) is 5.00 Å². The zero-order valence-electron chi connectivity index (χ0n) is 15.7. The zero-order valence-corrected chi connectivity index (χ0v) is 17.4. The SMILES string of the molecule is CCOC(=O)c1cc(-c2ccccc2)sc1NC(=O)CSc1ccc(C)cc1. The summed E-state index contributed by atoms with van der Waals surface area (Å²) in [7, 11) is 0. The summed E-state index contributed by atoms with van der Waals surface area (Å²) in [6.07, 6.45) is 0. The summed E-state index contributed by atoms with van der Waals surface area (Å²) >= 11 is 2.84. The highest BCUT2D eigenvalue weighted by Crippen LogP contribution is 2.36. The first-order valence-electron chi connectivity index (χ1n) is 8.92. The predicted molar refractivity (Wildman–Crippen MR) is 116 cm³/mol. The van der Waals surface area contributed by atoms with Crippen LogP contribution in [0.25, 0.3) is 10.4 Å². The van der Waals surface area contributed by atoms with Crippen molar-refractivity contribution in [3.8, 4) is 10.4 Å². The van der Waals surface area contributed by atoms with Gasteiger partial charge in [0.2, 0.25) is 5.91 Å². The summed E-state index contributed by atoms with van der Waals surface area (Å²) in [4.78, 5) is 26.7. The van der Waals surface area contributed by atoms with E-state index in [1.807, 2.05) is 61.5 Å². The van der Waals surface area contributed by atoms with Gasteiger partial charge in [-0.3, -0.25) is 4.79 Å². The normalized spacial score (nSPS) is 10.5. The standard InChI is InChI=1S/C22H21NO3S2/c1-3-26-22(25)18-13-19(16-7-5-4-6-8-16)28-21(18)23-20(24)14-27-17-11-9-15(2)10-12-17/h4-13H,3,14H2,1-2H3,(H,23,24). The van der Waals surface area contributed by atoms with Crippen LogP contribution < -0.4 is 5.32 Å². The van der Waals surface area contributed by atoms with Gasteiger partial charge < -0.3 is 10.1 Å². The largest absolute Gasteiger partial charge is 0.462 e. The van der Waals surface area contributed by atoms with Gasteiger partial charge >= 0.3 is 5.97 Å². The zero-order chi connectivity index (χ0) is 19.9. The third-order valence-electron chi connectivity index (χ3n) is 3.93. The van der Waals surface area contributed by atoms with Crippen molar-refractivity contribution in [2.24, 2.45) is 0 Å². The third-order valence-corrected chi connectivity index (χ3v) is 6.04. The number of hydrogen-bond acceptors (Lipinski definition) is 5. The van der Waals surface area contributed by atoms with E-state index in [0.717, 1.165) is 15.3 Å². The molecule has 28 heavy (non-hydrogen) atoms. The minimum absolute atomic E-state index is 0.155. The molecule has 0 spiro atoms. The van der Waals surface area contributed by atoms with E-state index in [2.05, 4.69) is 5.32 Å². The van der Waals surface area contributed by atoms with Crippen LogP contribution in [0.5, 0.6) is 0 Å². The van der Waals surface area contributed by atoms with Crippen molar-refractivity contribution in [2.75, 3.05) is 17.7 Å². The van der Waals surface area contributed by atoms with Crippen molar-refractivity contribution in [3.05, 3.63) is 71.8 Å². The first-order valence-corrected chi connectivity index (χ1v) is 10.7. The van der Waals surface area contributed by atoms with E-state index in [-0.39, 0.29) is 18.3 Å². The van der Waals surface area contributed by atoms with E-state index in [0.29, 0.717) is 10.6 Å². The number of aryl methyl sites for hydroxylation is 1. The summed E-state index contributed by atoms with van der Waals surface area (Å²) in [5.41, 5.74) is 2.56. The highest BCUT2D eigenvalue weighted by atomic mass is 32.2. The molecule has 0 atom stereocenters. The van der Waals surface area contributed by atoms with Gasteiger partial charge in [-0.15, -0.1) is 23.1 Å². The van der Waals surface area contributed by atoms with Crippen LogP contribution in [0, 0.1) is 6.92 Å². The number of ether oxygens (including phenoxy) is 1. The summed E-state index contributed by atoms with van der Waals surface area (Å²) in [6.45, 7) is 4.07. The molecule has 1 N–H and O–H groups in total. The second-order valence-corrected chi connectivity index (χ2v) is 8.19. The minimum Gasteiger partial charge on any atom is -0.462 e. The average molecular weight is 412 g/mol. The quantitative estimate of drug-likeness (QED) is 0.404. The molecule has 3 rings (SSSR count). The monoisotopic (exact) mass is 411 g/mol. The molecule has 0 aliphatic carbocycles. The van der Waals surface area contributed by atoms with E-state index < -0.39 is 5.97 Å². The molecular formula is C22H21NO3S2. The van der Waals surface area contributed by atoms with E-state index in [9.17, 15) is 9.59 Å². The molecule has 0 saturated heterocycles. The Morgan fingerprint density at radius 2 is 1.79 bits per heavy atom. The van der Waals surface area contributed by atoms with Crippen molar-refractivity contribution < 1.29 is 14.3 Å². The molecule has 4 nitrogen and oxygen atoms in total. The number of benzene rings is 2. The van der Waals surface area contributed by atoms with Gasteiger partial charge in [0.25, 0.3) is 0 Å². The molecule has 0 unspecified atom stereocenters. The van der Waals surface area contributed by atoms with Gasteiger partial charge in [0.1, 0.15) is 5.00 Å². The molecule has 1 amide bonds. The molecule has 0 aliphatic rings. The average Bonchev–Trinajstić information content (AvgIpc) is 3.12. The molecule has 144 valence electrons. The molecule has 0 bridgehead atoms. The lowest BCUT2D eigenvalue weighted by Gasteiger charge is -2.06. The Labute approximate surface area is 172 Å². The van der Waals surface area contributed by atoms with Crippen molar-refractivity contribution in [3.63, 3.8) is 0 Å². The molecule has 0 fully saturated rings. The number of nitrogens with one attached hydrogen (secondary N) is 1. The fourth-order valence-electron chi connectivity index (χ4n) is 2.54. The first-order chi connectivity index (χ1) is 13.6. The Kier molecular flexibility index (Phi) is 6.90. The van der Waals surface area contributed by atoms with Crippen LogP contribution in [0.1, 0.15) is 22.8 Å². The lowest BCUT2D eigenvalue weighted by Crippen LogP contribution is -2.15. The molecule has 6 heteroatoms. The second kappa shape index (κ2) is 9.57. The summed E-state index contributed by atoms with van der Waals surface area (Å²) in [5.74, 6) is -0.316. The minimum atomic E-state index is -0.428. The van der Waals surface area contributed by atoms with Gasteiger partial charge in [-0.2, -0.15) is 0 Å². The van der Waals surface area contributed by atoms with Gasteiger partial charge in [-0.05, 0) is 37.6 Å². The smallest absolute Gasteiger partial charge is 0.341 e. The summed E-state index contributed by atoms with van der Waals surface area (Å²) in [5, 5.41) is 3.40. The fourth-order valence-corrected chi connectivity index (χ4v) is 4.30. The van der Waals surface area contributed by atoms with E-state index in [1.54, 1.807) is 13.0 Å². The number of anilines is 1. The predicted octanol–water partition coefficient (Wildman–Crippen LogP) is 5.63. The second-order valence-electron chi connectivity index (χ2n) is 6.09. The number of carbonyl (C=O) groups excluding carboxylic acids is 2. The number of thiophene rings is 1. The van der Waals surface area contributed by atoms with Crippen LogP contribution in [-0.2, 0) is 9.53 Å². The number of esters is 1. The van der Waals surface area contributed by atoms with Crippen molar-refractivity contribution >= 4 is 40.0 Å². The van der Waals surface area contributed by atoms with E-state index >= 15 is 0 Å². The Balaban J connectivity index is 1.75. The highest BCUT2D eigenvalue weighted by Gasteiger charge is 2.19. The molecule has 1 heterocycles. The molecule has 2 aromatic carbocycles. The number of rotatable bonds is 7. The van der Waals surface area contributed by atoms with Gasteiger partial charge in [0.05, 0.1) is 17.9 Å². The molecule has 1 aromatic heterocycles. The van der Waals surface area contributed by atoms with Crippen LogP contribution >= 0.6 is 23.1 Å². The van der Waals surface area contributed by atoms with Gasteiger partial charge in [-0.25, -0.2) is 4.79 Å². The highest BCUT2D eigenvalue weighted by molar-refractivity contribution is 8.00. The van der Waals surface area contributed by atoms with Crippen LogP contribution in [0.2, 0.25) is 0 Å². The molecule has 0 radical (unpaired) electrons. The van der Waals surface area contributed by atoms with Crippen LogP contribution in [-0.4, -0.2) is 24.2 Å². The maximum absolute atomic E-state index is 12.5. The lowest BCUT2D eigenvalue weighted by molar-refractivity contribution is -0.113. The van der Waals surface area contributed by atoms with Gasteiger partial charge in [-0.1, -0.05) is 48.0 Å². The number of thioether (sulfide) groups is 1. The van der Waals surface area contributed by atoms with Crippen LogP contribution in [0.15, 0.2) is 65.6 Å². The van der Waals surface area contributed by atoms with Gasteiger partial charge in [0.15, 0.2) is 0 Å². The van der Waals surface area contributed by atoms with E-state index in [1.165, 1.54) is 28.7 Å². The van der Waals surface area contributed by atoms with Crippen molar-refractivity contribution in [2.45, 2.75) is 18.7 Å². The molecular weight excluding hydrogens is 390 g/mol. The van der Waals surface area contributed by atoms with E-state index in [4.69, 9.17) is 4.74 Å². The summed E-state index contributed by atoms with van der Waals surface area (Å²) < 4.78 is 5.15. The topological polar surface area (TPSA) is 55.4 Å². The number of hydrogen-bond donors (Lipinski definition) is 1. The lowest BCUT2D eigenvalue weighted by atomic mass is 10.1. The Hall–Kier alpha value is -2.57. The number of amides is 1. The Morgan fingerprint density at radius 1 is 1.07 bits per heavy atom. The van der Waals surface area contributed by atoms with Gasteiger partial charge in [0, 0.05) is 9.77 Å². The van der Waals surface area contributed by atoms with Crippen molar-refractivity contribution in [1.82, 2.24) is 0 Å². The maximum atomic E-state index is 12.5. The Bertz CT molecular complexity index is 950. The summed E-state index contributed by atoms with van der Waals surface area (Å²) in [6, 6.07) is 19.6. The first kappa shape index (κ1) is 20.2. The maximum Gasteiger partial charge on any atom is 0.341 e. The molecule has 3 aromatic rings.